The van der Waals surface area contributed by atoms with Crippen LogP contribution in [0.25, 0.3) is 0 Å². The number of anilines is 1. The van der Waals surface area contributed by atoms with E-state index in [4.69, 9.17) is 4.99 Å². The third-order valence-corrected chi connectivity index (χ3v) is 5.90. The first kappa shape index (κ1) is 20.0. The molecule has 0 aromatic heterocycles. The highest BCUT2D eigenvalue weighted by molar-refractivity contribution is 6.11. The van der Waals surface area contributed by atoms with Crippen LogP contribution in [0.3, 0.4) is 0 Å². The Morgan fingerprint density at radius 1 is 0.781 bits per heavy atom. The van der Waals surface area contributed by atoms with Gasteiger partial charge in [-0.3, -0.25) is 14.7 Å². The Kier molecular flexibility index (Phi) is 5.39. The van der Waals surface area contributed by atoms with E-state index in [1.807, 2.05) is 77.7 Å². The molecule has 5 rings (SSSR count). The Labute approximate surface area is 188 Å². The molecule has 0 bridgehead atoms. The number of hydrogen-bond acceptors (Lipinski definition) is 2. The first-order valence-corrected chi connectivity index (χ1v) is 10.9. The lowest BCUT2D eigenvalue weighted by Gasteiger charge is -2.32. The molecule has 3 heteroatoms. The van der Waals surface area contributed by atoms with E-state index < -0.39 is 0 Å². The maximum atomic E-state index is 13.9. The van der Waals surface area contributed by atoms with Gasteiger partial charge in [0.15, 0.2) is 0 Å². The van der Waals surface area contributed by atoms with E-state index in [2.05, 4.69) is 43.3 Å². The Hall–Kier alpha value is -3.98. The fourth-order valence-corrected chi connectivity index (χ4v) is 4.24. The number of para-hydroxylation sites is 2. The van der Waals surface area contributed by atoms with Crippen molar-refractivity contribution in [2.24, 2.45) is 4.99 Å². The summed E-state index contributed by atoms with van der Waals surface area (Å²) < 4.78 is 0. The summed E-state index contributed by atoms with van der Waals surface area (Å²) in [5, 5.41) is 0. The van der Waals surface area contributed by atoms with Gasteiger partial charge in [0.1, 0.15) is 0 Å². The van der Waals surface area contributed by atoms with Crippen molar-refractivity contribution in [3.05, 3.63) is 131 Å². The molecule has 3 nitrogen and oxygen atoms in total. The predicted octanol–water partition coefficient (Wildman–Crippen LogP) is 6.91. The van der Waals surface area contributed by atoms with Gasteiger partial charge in [0, 0.05) is 12.0 Å². The standard InChI is InChI=1S/C29H24N2O/c1-21-16-18-22(19-17-21)26-20-28(23-10-4-2-5-11-23)31(27-15-9-8-14-25(27)30-26)29(32)24-12-6-3-7-13-24/h2-19,28H,20H2,1H3/t28-/m0/s1. The number of aryl methyl sites for hydroxylation is 1. The minimum Gasteiger partial charge on any atom is -0.298 e. The summed E-state index contributed by atoms with van der Waals surface area (Å²) in [6.45, 7) is 2.08. The molecule has 1 amide bonds. The monoisotopic (exact) mass is 416 g/mol. The molecule has 0 spiro atoms. The van der Waals surface area contributed by atoms with Crippen molar-refractivity contribution in [2.45, 2.75) is 19.4 Å². The van der Waals surface area contributed by atoms with Gasteiger partial charge in [-0.2, -0.15) is 0 Å². The van der Waals surface area contributed by atoms with Crippen LogP contribution in [0, 0.1) is 6.92 Å². The van der Waals surface area contributed by atoms with Crippen molar-refractivity contribution in [1.29, 1.82) is 0 Å². The summed E-state index contributed by atoms with van der Waals surface area (Å²) >= 11 is 0. The molecule has 0 radical (unpaired) electrons. The number of carbonyl (C=O) groups is 1. The Morgan fingerprint density at radius 3 is 2.12 bits per heavy atom. The number of rotatable bonds is 3. The average molecular weight is 417 g/mol. The summed E-state index contributed by atoms with van der Waals surface area (Å²) in [4.78, 5) is 20.8. The lowest BCUT2D eigenvalue weighted by atomic mass is 9.95. The first-order chi connectivity index (χ1) is 15.7. The quantitative estimate of drug-likeness (QED) is 0.357. The molecule has 4 aromatic carbocycles. The van der Waals surface area contributed by atoms with Crippen LogP contribution in [0.5, 0.6) is 0 Å². The second kappa shape index (κ2) is 8.64. The molecule has 1 aliphatic rings. The van der Waals surface area contributed by atoms with Gasteiger partial charge in [0.25, 0.3) is 5.91 Å². The first-order valence-electron chi connectivity index (χ1n) is 10.9. The van der Waals surface area contributed by atoms with Gasteiger partial charge in [-0.1, -0.05) is 90.5 Å². The fourth-order valence-electron chi connectivity index (χ4n) is 4.24. The molecular weight excluding hydrogens is 392 g/mol. The van der Waals surface area contributed by atoms with Gasteiger partial charge in [0.2, 0.25) is 0 Å². The highest BCUT2D eigenvalue weighted by Gasteiger charge is 2.32. The smallest absolute Gasteiger partial charge is 0.258 e. The number of amides is 1. The number of benzene rings is 4. The fraction of sp³-hybridized carbons (Fsp3) is 0.103. The minimum atomic E-state index is -0.174. The average Bonchev–Trinajstić information content (AvgIpc) is 3.02. The molecular formula is C29H24N2O. The zero-order valence-electron chi connectivity index (χ0n) is 18.0. The SMILES string of the molecule is Cc1ccc(C2=Nc3ccccc3N(C(=O)c3ccccc3)[C@H](c3ccccc3)C2)cc1. The van der Waals surface area contributed by atoms with Crippen LogP contribution in [0.1, 0.15) is 39.5 Å². The zero-order valence-corrected chi connectivity index (χ0v) is 18.0. The minimum absolute atomic E-state index is 0.0211. The van der Waals surface area contributed by atoms with Gasteiger partial charge in [-0.25, -0.2) is 0 Å². The van der Waals surface area contributed by atoms with Crippen LogP contribution in [0.4, 0.5) is 11.4 Å². The highest BCUT2D eigenvalue weighted by Crippen LogP contribution is 2.41. The number of nitrogens with zero attached hydrogens (tertiary/aromatic N) is 2. The van der Waals surface area contributed by atoms with Crippen LogP contribution in [-0.4, -0.2) is 11.6 Å². The number of aliphatic imine (C=N–C) groups is 1. The lowest BCUT2D eigenvalue weighted by molar-refractivity contribution is 0.0977. The number of fused-ring (bicyclic) bond motifs is 1. The summed E-state index contributed by atoms with van der Waals surface area (Å²) in [5.41, 5.74) is 6.68. The van der Waals surface area contributed by atoms with E-state index in [1.165, 1.54) is 5.56 Å². The second-order valence-electron chi connectivity index (χ2n) is 8.09. The molecule has 32 heavy (non-hydrogen) atoms. The van der Waals surface area contributed by atoms with E-state index in [9.17, 15) is 4.79 Å². The van der Waals surface area contributed by atoms with Gasteiger partial charge in [-0.15, -0.1) is 0 Å². The van der Waals surface area contributed by atoms with Crippen LogP contribution < -0.4 is 4.90 Å². The largest absolute Gasteiger partial charge is 0.298 e. The summed E-state index contributed by atoms with van der Waals surface area (Å²) in [6, 6.07) is 36.0. The molecule has 0 fully saturated rings. The maximum absolute atomic E-state index is 13.9. The molecule has 0 unspecified atom stereocenters. The predicted molar refractivity (Wildman–Crippen MR) is 131 cm³/mol. The maximum Gasteiger partial charge on any atom is 0.258 e. The molecule has 156 valence electrons. The van der Waals surface area contributed by atoms with E-state index in [0.29, 0.717) is 12.0 Å². The van der Waals surface area contributed by atoms with Crippen LogP contribution >= 0.6 is 0 Å². The van der Waals surface area contributed by atoms with Crippen LogP contribution in [0.15, 0.2) is 114 Å². The van der Waals surface area contributed by atoms with Crippen molar-refractivity contribution in [2.75, 3.05) is 4.90 Å². The highest BCUT2D eigenvalue weighted by atomic mass is 16.2. The van der Waals surface area contributed by atoms with E-state index in [-0.39, 0.29) is 11.9 Å². The van der Waals surface area contributed by atoms with Crippen molar-refractivity contribution in [3.8, 4) is 0 Å². The summed E-state index contributed by atoms with van der Waals surface area (Å²) in [7, 11) is 0. The summed E-state index contributed by atoms with van der Waals surface area (Å²) in [5.74, 6) is -0.0211. The van der Waals surface area contributed by atoms with E-state index in [0.717, 1.165) is 28.2 Å². The molecule has 1 atom stereocenters. The van der Waals surface area contributed by atoms with E-state index in [1.54, 1.807) is 0 Å². The van der Waals surface area contributed by atoms with Gasteiger partial charge in [0.05, 0.1) is 23.1 Å². The topological polar surface area (TPSA) is 32.7 Å². The van der Waals surface area contributed by atoms with Crippen LogP contribution in [0.2, 0.25) is 0 Å². The molecule has 1 aliphatic heterocycles. The molecule has 0 saturated heterocycles. The molecule has 4 aromatic rings. The molecule has 0 N–H and O–H groups in total. The normalized spacial score (nSPS) is 15.5. The second-order valence-corrected chi connectivity index (χ2v) is 8.09. The lowest BCUT2D eigenvalue weighted by Crippen LogP contribution is -2.35. The Morgan fingerprint density at radius 2 is 1.41 bits per heavy atom. The molecule has 1 heterocycles. The zero-order chi connectivity index (χ0) is 21.9. The van der Waals surface area contributed by atoms with Gasteiger partial charge in [-0.05, 0) is 42.3 Å². The van der Waals surface area contributed by atoms with Crippen molar-refractivity contribution in [3.63, 3.8) is 0 Å². The molecule has 0 aliphatic carbocycles. The Balaban J connectivity index is 1.69. The van der Waals surface area contributed by atoms with E-state index >= 15 is 0 Å². The van der Waals surface area contributed by atoms with Gasteiger partial charge < -0.3 is 0 Å². The van der Waals surface area contributed by atoms with Crippen molar-refractivity contribution >= 4 is 23.0 Å². The van der Waals surface area contributed by atoms with Crippen molar-refractivity contribution in [1.82, 2.24) is 0 Å². The number of hydrogen-bond donors (Lipinski definition) is 0. The van der Waals surface area contributed by atoms with Crippen LogP contribution in [-0.2, 0) is 0 Å². The molecule has 0 saturated carbocycles. The Bertz CT molecular complexity index is 1260. The van der Waals surface area contributed by atoms with Gasteiger partial charge >= 0.3 is 0 Å². The number of carbonyl (C=O) groups excluding carboxylic acids is 1. The third-order valence-electron chi connectivity index (χ3n) is 5.90. The third kappa shape index (κ3) is 3.85. The summed E-state index contributed by atoms with van der Waals surface area (Å²) in [6.07, 6.45) is 0.625. The van der Waals surface area contributed by atoms with Crippen molar-refractivity contribution < 1.29 is 4.79 Å².